The second-order valence-electron chi connectivity index (χ2n) is 3.96. The van der Waals surface area contributed by atoms with Gasteiger partial charge in [-0.3, -0.25) is 0 Å². The van der Waals surface area contributed by atoms with Crippen molar-refractivity contribution in [2.24, 2.45) is 0 Å². The van der Waals surface area contributed by atoms with Crippen molar-refractivity contribution in [2.45, 2.75) is 51.0 Å². The topological polar surface area (TPSA) is 51.5 Å². The molecule has 0 spiro atoms. The zero-order chi connectivity index (χ0) is 9.64. The minimum absolute atomic E-state index is 0.0589. The minimum atomic E-state index is -0.581. The van der Waals surface area contributed by atoms with Crippen LogP contribution < -0.4 is 0 Å². The lowest BCUT2D eigenvalue weighted by Crippen LogP contribution is -2.28. The quantitative estimate of drug-likeness (QED) is 0.558. The van der Waals surface area contributed by atoms with Crippen LogP contribution in [0, 0.1) is 11.3 Å². The summed E-state index contributed by atoms with van der Waals surface area (Å²) in [5.41, 5.74) is 0. The number of nitrogens with zero attached hydrogens (tertiary/aromatic N) is 1. The molecule has 4 atom stereocenters. The van der Waals surface area contributed by atoms with Gasteiger partial charge < -0.3 is 14.2 Å². The molecule has 4 nitrogen and oxygen atoms in total. The molecule has 0 saturated carbocycles. The van der Waals surface area contributed by atoms with Gasteiger partial charge in [0.1, 0.15) is 12.2 Å². The van der Waals surface area contributed by atoms with Crippen LogP contribution in [-0.4, -0.2) is 30.2 Å². The molecule has 2 fully saturated rings. The van der Waals surface area contributed by atoms with E-state index in [9.17, 15) is 0 Å². The number of fused-ring (bicyclic) bond motifs is 1. The normalized spacial score (nSPS) is 47.2. The lowest BCUT2D eigenvalue weighted by Gasteiger charge is -2.20. The summed E-state index contributed by atoms with van der Waals surface area (Å²) < 4.78 is 16.6. The van der Waals surface area contributed by atoms with Gasteiger partial charge in [-0.05, 0) is 20.8 Å². The van der Waals surface area contributed by atoms with Gasteiger partial charge in [-0.15, -0.1) is 0 Å². The van der Waals surface area contributed by atoms with Gasteiger partial charge in [0.05, 0.1) is 12.2 Å². The van der Waals surface area contributed by atoms with Crippen LogP contribution in [0.3, 0.4) is 0 Å². The third-order valence-corrected chi connectivity index (χ3v) is 2.41. The summed E-state index contributed by atoms with van der Waals surface area (Å²) in [5.74, 6) is -0.581. The molecule has 0 radical (unpaired) electrons. The Balaban J connectivity index is 2.18. The van der Waals surface area contributed by atoms with Gasteiger partial charge in [-0.25, -0.2) is 0 Å². The van der Waals surface area contributed by atoms with Crippen molar-refractivity contribution in [2.75, 3.05) is 0 Å². The van der Waals surface area contributed by atoms with Crippen LogP contribution in [0.5, 0.6) is 0 Å². The Labute approximate surface area is 77.4 Å². The first-order valence-electron chi connectivity index (χ1n) is 4.44. The van der Waals surface area contributed by atoms with E-state index in [0.29, 0.717) is 0 Å². The second kappa shape index (κ2) is 2.68. The van der Waals surface area contributed by atoms with Crippen molar-refractivity contribution in [3.05, 3.63) is 0 Å². The lowest BCUT2D eigenvalue weighted by molar-refractivity contribution is -0.179. The SMILES string of the molecule is C[C@H]1O[C@H](C#N)[C@H]2OC(C)(C)OC12. The van der Waals surface area contributed by atoms with Crippen LogP contribution in [0.1, 0.15) is 20.8 Å². The number of ether oxygens (including phenoxy) is 3. The summed E-state index contributed by atoms with van der Waals surface area (Å²) in [6.45, 7) is 5.61. The molecule has 0 aromatic heterocycles. The molecule has 2 aliphatic rings. The van der Waals surface area contributed by atoms with E-state index in [-0.39, 0.29) is 18.3 Å². The van der Waals surface area contributed by atoms with Crippen molar-refractivity contribution in [3.8, 4) is 6.07 Å². The summed E-state index contributed by atoms with van der Waals surface area (Å²) >= 11 is 0. The smallest absolute Gasteiger partial charge is 0.173 e. The first-order valence-corrected chi connectivity index (χ1v) is 4.44. The fraction of sp³-hybridized carbons (Fsp3) is 0.889. The van der Waals surface area contributed by atoms with Crippen LogP contribution >= 0.6 is 0 Å². The molecular formula is C9H13NO3. The molecule has 0 bridgehead atoms. The Morgan fingerprint density at radius 2 is 1.85 bits per heavy atom. The fourth-order valence-corrected chi connectivity index (χ4v) is 1.90. The van der Waals surface area contributed by atoms with E-state index < -0.39 is 11.9 Å². The van der Waals surface area contributed by atoms with E-state index in [1.54, 1.807) is 0 Å². The second-order valence-corrected chi connectivity index (χ2v) is 3.96. The van der Waals surface area contributed by atoms with E-state index in [2.05, 4.69) is 6.07 Å². The first-order chi connectivity index (χ1) is 6.03. The third-order valence-electron chi connectivity index (χ3n) is 2.41. The number of nitriles is 1. The van der Waals surface area contributed by atoms with Crippen LogP contribution in [-0.2, 0) is 14.2 Å². The predicted octanol–water partition coefficient (Wildman–Crippen LogP) is 0.817. The summed E-state index contributed by atoms with van der Waals surface area (Å²) in [6, 6.07) is 2.08. The molecule has 2 saturated heterocycles. The average Bonchev–Trinajstić information content (AvgIpc) is 2.47. The molecule has 2 heterocycles. The maximum absolute atomic E-state index is 8.79. The third kappa shape index (κ3) is 1.33. The van der Waals surface area contributed by atoms with E-state index in [1.807, 2.05) is 20.8 Å². The van der Waals surface area contributed by atoms with Gasteiger partial charge in [-0.2, -0.15) is 5.26 Å². The van der Waals surface area contributed by atoms with Gasteiger partial charge in [0, 0.05) is 0 Å². The molecule has 0 amide bonds. The molecule has 2 aliphatic heterocycles. The summed E-state index contributed by atoms with van der Waals surface area (Å²) in [6.07, 6.45) is -0.868. The highest BCUT2D eigenvalue weighted by atomic mass is 16.8. The molecule has 0 N–H and O–H groups in total. The van der Waals surface area contributed by atoms with Gasteiger partial charge in [-0.1, -0.05) is 0 Å². The lowest BCUT2D eigenvalue weighted by atomic mass is 10.1. The van der Waals surface area contributed by atoms with Crippen LogP contribution in [0.15, 0.2) is 0 Å². The van der Waals surface area contributed by atoms with E-state index in [0.717, 1.165) is 0 Å². The van der Waals surface area contributed by atoms with Crippen molar-refractivity contribution in [3.63, 3.8) is 0 Å². The Morgan fingerprint density at radius 3 is 2.46 bits per heavy atom. The summed E-state index contributed by atoms with van der Waals surface area (Å²) in [7, 11) is 0. The zero-order valence-electron chi connectivity index (χ0n) is 7.98. The van der Waals surface area contributed by atoms with Crippen molar-refractivity contribution < 1.29 is 14.2 Å². The maximum atomic E-state index is 8.79. The number of hydrogen-bond acceptors (Lipinski definition) is 4. The highest BCUT2D eigenvalue weighted by Crippen LogP contribution is 2.38. The monoisotopic (exact) mass is 183 g/mol. The van der Waals surface area contributed by atoms with Gasteiger partial charge in [0.25, 0.3) is 0 Å². The molecule has 2 rings (SSSR count). The summed E-state index contributed by atoms with van der Waals surface area (Å²) in [5, 5.41) is 8.79. The van der Waals surface area contributed by atoms with Crippen molar-refractivity contribution in [1.82, 2.24) is 0 Å². The van der Waals surface area contributed by atoms with E-state index in [4.69, 9.17) is 19.5 Å². The highest BCUT2D eigenvalue weighted by molar-refractivity contribution is 5.05. The molecule has 0 aromatic carbocycles. The Morgan fingerprint density at radius 1 is 1.23 bits per heavy atom. The summed E-state index contributed by atoms with van der Waals surface area (Å²) in [4.78, 5) is 0. The Hall–Kier alpha value is -0.630. The first kappa shape index (κ1) is 8.95. The molecule has 13 heavy (non-hydrogen) atoms. The molecule has 4 heteroatoms. The number of rotatable bonds is 0. The number of hydrogen-bond donors (Lipinski definition) is 0. The molecule has 72 valence electrons. The van der Waals surface area contributed by atoms with Gasteiger partial charge in [0.15, 0.2) is 11.9 Å². The van der Waals surface area contributed by atoms with Crippen molar-refractivity contribution >= 4 is 0 Å². The Kier molecular flexibility index (Phi) is 1.84. The van der Waals surface area contributed by atoms with Gasteiger partial charge in [0.2, 0.25) is 0 Å². The molecule has 0 aliphatic carbocycles. The van der Waals surface area contributed by atoms with Crippen LogP contribution in [0.2, 0.25) is 0 Å². The minimum Gasteiger partial charge on any atom is -0.355 e. The zero-order valence-corrected chi connectivity index (χ0v) is 7.98. The Bertz CT molecular complexity index is 258. The van der Waals surface area contributed by atoms with E-state index >= 15 is 0 Å². The molecular weight excluding hydrogens is 170 g/mol. The van der Waals surface area contributed by atoms with E-state index in [1.165, 1.54) is 0 Å². The predicted molar refractivity (Wildman–Crippen MR) is 43.8 cm³/mol. The maximum Gasteiger partial charge on any atom is 0.173 e. The standard InChI is InChI=1S/C9H13NO3/c1-5-7-8(6(4-10)11-5)13-9(2,3)12-7/h5-8H,1-3H3/t5-,6-,7?,8-/m1/s1. The average molecular weight is 183 g/mol. The fourth-order valence-electron chi connectivity index (χ4n) is 1.90. The van der Waals surface area contributed by atoms with Gasteiger partial charge >= 0.3 is 0 Å². The molecule has 0 aromatic rings. The molecule has 1 unspecified atom stereocenters. The highest BCUT2D eigenvalue weighted by Gasteiger charge is 2.53. The van der Waals surface area contributed by atoms with Crippen LogP contribution in [0.4, 0.5) is 0 Å². The largest absolute Gasteiger partial charge is 0.355 e. The van der Waals surface area contributed by atoms with Crippen LogP contribution in [0.25, 0.3) is 0 Å². The van der Waals surface area contributed by atoms with Crippen molar-refractivity contribution in [1.29, 1.82) is 5.26 Å².